The van der Waals surface area contributed by atoms with Crippen molar-refractivity contribution < 1.29 is 34.1 Å². The molecule has 2 rings (SSSR count). The van der Waals surface area contributed by atoms with E-state index < -0.39 is 69.1 Å². The summed E-state index contributed by atoms with van der Waals surface area (Å²) in [5.74, 6) is -10.2. The van der Waals surface area contributed by atoms with E-state index in [1.165, 1.54) is 0 Å². The monoisotopic (exact) mass is 406 g/mol. The third-order valence-corrected chi connectivity index (χ3v) is 6.50. The summed E-state index contributed by atoms with van der Waals surface area (Å²) in [6.07, 6.45) is 0. The molecule has 2 aliphatic rings. The molecule has 0 radical (unpaired) electrons. The number of rotatable bonds is 4. The Labute approximate surface area is 149 Å². The lowest BCUT2D eigenvalue weighted by molar-refractivity contribution is -0.177. The quantitative estimate of drug-likeness (QED) is 0.407. The van der Waals surface area contributed by atoms with Crippen LogP contribution in [0.1, 0.15) is 0 Å². The molecule has 2 saturated carbocycles. The topological polar surface area (TPSA) is 118 Å². The number of hydrogen-bond acceptors (Lipinski definition) is 5. The van der Waals surface area contributed by atoms with Gasteiger partial charge in [0.2, 0.25) is 0 Å². The third-order valence-electron chi connectivity index (χ3n) is 4.07. The molecule has 0 heterocycles. The molecule has 0 aliphatic heterocycles. The van der Waals surface area contributed by atoms with Gasteiger partial charge in [0.15, 0.2) is 0 Å². The molecule has 128 valence electrons. The minimum Gasteiger partial charge on any atom is -0.481 e. The molecule has 8 atom stereocenters. The van der Waals surface area contributed by atoms with E-state index in [1.807, 2.05) is 0 Å². The van der Waals surface area contributed by atoms with Gasteiger partial charge in [0, 0.05) is 0 Å². The van der Waals surface area contributed by atoms with Gasteiger partial charge in [-0.25, -0.2) is 0 Å². The van der Waals surface area contributed by atoms with Crippen molar-refractivity contribution >= 4 is 70.3 Å². The average Bonchev–Trinajstić information content (AvgIpc) is 2.46. The normalized spacial score (nSPS) is 42.1. The molecule has 23 heavy (non-hydrogen) atoms. The number of hydrogen-bond donors (Lipinski definition) is 2. The van der Waals surface area contributed by atoms with Crippen LogP contribution in [0.15, 0.2) is 0 Å². The highest BCUT2D eigenvalue weighted by molar-refractivity contribution is 6.35. The van der Waals surface area contributed by atoms with Gasteiger partial charge in [-0.3, -0.25) is 19.2 Å². The Kier molecular flexibility index (Phi) is 5.35. The predicted molar refractivity (Wildman–Crippen MR) is 78.9 cm³/mol. The van der Waals surface area contributed by atoms with Gasteiger partial charge >= 0.3 is 23.9 Å². The number of aliphatic carboxylic acids is 2. The Hall–Kier alpha value is -0.760. The number of ether oxygens (including phenoxy) is 1. The molecular weight excluding hydrogens is 398 g/mol. The molecule has 0 aromatic heterocycles. The summed E-state index contributed by atoms with van der Waals surface area (Å²) < 4.78 is 4.57. The first-order valence-electron chi connectivity index (χ1n) is 6.37. The van der Waals surface area contributed by atoms with E-state index >= 15 is 0 Å². The molecule has 0 bridgehead atoms. The predicted octanol–water partition coefficient (Wildman–Crippen LogP) is 1.15. The van der Waals surface area contributed by atoms with Crippen LogP contribution in [0.4, 0.5) is 0 Å². The lowest BCUT2D eigenvalue weighted by Gasteiger charge is -2.43. The summed E-state index contributed by atoms with van der Waals surface area (Å²) in [5.41, 5.74) is 0. The second-order valence-electron chi connectivity index (χ2n) is 5.30. The number of carbonyl (C=O) groups is 4. The highest BCUT2D eigenvalue weighted by Crippen LogP contribution is 2.46. The molecule has 11 heteroatoms. The Bertz CT molecular complexity index is 520. The van der Waals surface area contributed by atoms with Gasteiger partial charge in [-0.2, -0.15) is 0 Å². The second-order valence-corrected chi connectivity index (χ2v) is 7.31. The first-order chi connectivity index (χ1) is 10.6. The van der Waals surface area contributed by atoms with E-state index in [0.717, 1.165) is 0 Å². The first kappa shape index (κ1) is 18.6. The fourth-order valence-corrected chi connectivity index (χ4v) is 4.34. The highest BCUT2D eigenvalue weighted by Gasteiger charge is 2.60. The van der Waals surface area contributed by atoms with Gasteiger partial charge < -0.3 is 14.9 Å². The van der Waals surface area contributed by atoms with Gasteiger partial charge in [-0.15, -0.1) is 46.4 Å². The Balaban J connectivity index is 2.04. The zero-order valence-electron chi connectivity index (χ0n) is 11.1. The molecule has 0 aromatic rings. The van der Waals surface area contributed by atoms with Crippen LogP contribution in [0.5, 0.6) is 0 Å². The molecule has 0 aromatic carbocycles. The summed E-state index contributed by atoms with van der Waals surface area (Å²) in [4.78, 5) is 45.9. The van der Waals surface area contributed by atoms with E-state index in [9.17, 15) is 19.2 Å². The maximum Gasteiger partial charge on any atom is 0.319 e. The van der Waals surface area contributed by atoms with Crippen molar-refractivity contribution in [2.45, 2.75) is 21.5 Å². The van der Waals surface area contributed by atoms with Crippen molar-refractivity contribution in [2.75, 3.05) is 0 Å². The number of alkyl halides is 4. The maximum absolute atomic E-state index is 11.9. The fraction of sp³-hybridized carbons (Fsp3) is 0.667. The number of carboxylic acid groups (broad SMARTS) is 2. The van der Waals surface area contributed by atoms with Crippen molar-refractivity contribution in [1.29, 1.82) is 0 Å². The van der Waals surface area contributed by atoms with Crippen LogP contribution < -0.4 is 0 Å². The van der Waals surface area contributed by atoms with Crippen LogP contribution in [-0.2, 0) is 23.9 Å². The van der Waals surface area contributed by atoms with Crippen LogP contribution in [0, 0.1) is 23.7 Å². The minimum absolute atomic E-state index is 0.981. The molecular formula is C12H10Cl4O7. The summed E-state index contributed by atoms with van der Waals surface area (Å²) in [5, 5.41) is 14.0. The smallest absolute Gasteiger partial charge is 0.319 e. The van der Waals surface area contributed by atoms with Crippen molar-refractivity contribution in [3.63, 3.8) is 0 Å². The minimum atomic E-state index is -1.35. The van der Waals surface area contributed by atoms with Crippen molar-refractivity contribution in [3.05, 3.63) is 0 Å². The second kappa shape index (κ2) is 6.63. The first-order valence-corrected chi connectivity index (χ1v) is 8.11. The highest BCUT2D eigenvalue weighted by atomic mass is 35.5. The average molecular weight is 408 g/mol. The summed E-state index contributed by atoms with van der Waals surface area (Å²) in [6.45, 7) is 0. The Morgan fingerprint density at radius 2 is 0.870 bits per heavy atom. The van der Waals surface area contributed by atoms with Crippen LogP contribution >= 0.6 is 46.4 Å². The van der Waals surface area contributed by atoms with Gasteiger partial charge in [0.05, 0.1) is 45.2 Å². The summed E-state index contributed by atoms with van der Waals surface area (Å²) >= 11 is 23.0. The SMILES string of the molecule is O=C(O)C1C(Cl)C(Cl)C1C(=O)OC(=O)C1C(Cl)C(Cl)C1C(=O)O. The number of halogens is 4. The van der Waals surface area contributed by atoms with Gasteiger partial charge in [0.1, 0.15) is 0 Å². The van der Waals surface area contributed by atoms with E-state index in [-0.39, 0.29) is 0 Å². The van der Waals surface area contributed by atoms with Crippen LogP contribution in [-0.4, -0.2) is 55.6 Å². The number of carbonyl (C=O) groups excluding carboxylic acids is 2. The molecule has 2 fully saturated rings. The van der Waals surface area contributed by atoms with Crippen molar-refractivity contribution in [3.8, 4) is 0 Å². The summed E-state index contributed by atoms with van der Waals surface area (Å²) in [7, 11) is 0. The maximum atomic E-state index is 11.9. The molecule has 0 saturated heterocycles. The van der Waals surface area contributed by atoms with Crippen molar-refractivity contribution in [2.24, 2.45) is 23.7 Å². The van der Waals surface area contributed by atoms with Gasteiger partial charge in [-0.1, -0.05) is 0 Å². The molecule has 2 aliphatic carbocycles. The number of esters is 2. The van der Waals surface area contributed by atoms with Gasteiger partial charge in [0.25, 0.3) is 0 Å². The Morgan fingerprint density at radius 3 is 1.13 bits per heavy atom. The molecule has 8 unspecified atom stereocenters. The fourth-order valence-electron chi connectivity index (χ4n) is 2.66. The standard InChI is InChI=1S/C12H10Cl4O7/c13-5-1(9(17)18)3(7(5)15)11(21)23-12(22)4-2(10(19)20)6(14)8(4)16/h1-8H,(H,17,18)(H,19,20). The van der Waals surface area contributed by atoms with Gasteiger partial charge in [-0.05, 0) is 0 Å². The number of carboxylic acids is 2. The Morgan fingerprint density at radius 1 is 0.609 bits per heavy atom. The van der Waals surface area contributed by atoms with Crippen LogP contribution in [0.25, 0.3) is 0 Å². The molecule has 7 nitrogen and oxygen atoms in total. The van der Waals surface area contributed by atoms with Crippen molar-refractivity contribution in [1.82, 2.24) is 0 Å². The molecule has 0 spiro atoms. The molecule has 0 amide bonds. The zero-order valence-corrected chi connectivity index (χ0v) is 14.1. The lowest BCUT2D eigenvalue weighted by Crippen LogP contribution is -2.60. The largest absolute Gasteiger partial charge is 0.481 e. The van der Waals surface area contributed by atoms with E-state index in [4.69, 9.17) is 56.6 Å². The third kappa shape index (κ3) is 2.99. The van der Waals surface area contributed by atoms with E-state index in [2.05, 4.69) is 4.74 Å². The lowest BCUT2D eigenvalue weighted by atomic mass is 9.71. The van der Waals surface area contributed by atoms with E-state index in [1.54, 1.807) is 0 Å². The molecule has 2 N–H and O–H groups in total. The van der Waals surface area contributed by atoms with E-state index in [0.29, 0.717) is 0 Å². The zero-order chi connectivity index (χ0) is 17.6. The van der Waals surface area contributed by atoms with Crippen LogP contribution in [0.2, 0.25) is 0 Å². The van der Waals surface area contributed by atoms with Crippen LogP contribution in [0.3, 0.4) is 0 Å². The summed E-state index contributed by atoms with van der Waals surface area (Å²) in [6, 6.07) is 0.